The van der Waals surface area contributed by atoms with Crippen LogP contribution >= 0.6 is 11.6 Å². The van der Waals surface area contributed by atoms with Gasteiger partial charge in [-0.1, -0.05) is 17.7 Å². The number of halogens is 1. The Labute approximate surface area is 162 Å². The van der Waals surface area contributed by atoms with Crippen LogP contribution in [-0.2, 0) is 7.05 Å². The zero-order valence-electron chi connectivity index (χ0n) is 15.4. The maximum Gasteiger partial charge on any atom is 0.272 e. The topological polar surface area (TPSA) is 54.5 Å². The van der Waals surface area contributed by atoms with E-state index in [0.717, 1.165) is 29.6 Å². The van der Waals surface area contributed by atoms with Crippen LogP contribution < -0.4 is 4.90 Å². The summed E-state index contributed by atoms with van der Waals surface area (Å²) in [5.74, 6) is 1.49. The Kier molecular flexibility index (Phi) is 4.66. The Balaban J connectivity index is 1.46. The Morgan fingerprint density at radius 3 is 2.56 bits per heavy atom. The van der Waals surface area contributed by atoms with Gasteiger partial charge in [0.15, 0.2) is 5.76 Å². The zero-order valence-corrected chi connectivity index (χ0v) is 16.1. The van der Waals surface area contributed by atoms with Crippen molar-refractivity contribution in [3.05, 3.63) is 58.9 Å². The highest BCUT2D eigenvalue weighted by Crippen LogP contribution is 2.24. The molecule has 0 bridgehead atoms. The molecule has 6 nitrogen and oxygen atoms in total. The monoisotopic (exact) mass is 384 g/mol. The van der Waals surface area contributed by atoms with Gasteiger partial charge < -0.3 is 14.2 Å². The van der Waals surface area contributed by atoms with Crippen LogP contribution in [0.1, 0.15) is 16.2 Å². The van der Waals surface area contributed by atoms with Gasteiger partial charge in [0.05, 0.1) is 0 Å². The molecule has 2 aromatic heterocycles. The van der Waals surface area contributed by atoms with Crippen molar-refractivity contribution in [2.24, 2.45) is 7.05 Å². The SMILES string of the molecule is Cc1ccc(-c2cc(C(=O)N3CCN(c4cccc(Cl)c4)CC3)n(C)n2)o1. The van der Waals surface area contributed by atoms with Crippen molar-refractivity contribution >= 4 is 23.2 Å². The third-order valence-corrected chi connectivity index (χ3v) is 5.07. The van der Waals surface area contributed by atoms with Crippen molar-refractivity contribution in [1.29, 1.82) is 0 Å². The second-order valence-corrected chi connectivity index (χ2v) is 7.14. The molecule has 1 fully saturated rings. The zero-order chi connectivity index (χ0) is 19.0. The number of aryl methyl sites for hydroxylation is 2. The first-order valence-corrected chi connectivity index (χ1v) is 9.30. The van der Waals surface area contributed by atoms with Crippen molar-refractivity contribution in [2.75, 3.05) is 31.1 Å². The Morgan fingerprint density at radius 1 is 1.11 bits per heavy atom. The molecule has 1 aromatic carbocycles. The van der Waals surface area contributed by atoms with Crippen LogP contribution in [0, 0.1) is 6.92 Å². The lowest BCUT2D eigenvalue weighted by atomic mass is 10.2. The van der Waals surface area contributed by atoms with Crippen molar-refractivity contribution in [1.82, 2.24) is 14.7 Å². The first-order chi connectivity index (χ1) is 13.0. The molecular formula is C20H21ClN4O2. The number of nitrogens with zero attached hydrogens (tertiary/aromatic N) is 4. The number of furan rings is 1. The second kappa shape index (κ2) is 7.12. The van der Waals surface area contributed by atoms with E-state index >= 15 is 0 Å². The molecule has 4 rings (SSSR count). The van der Waals surface area contributed by atoms with Gasteiger partial charge in [-0.2, -0.15) is 5.10 Å². The number of aromatic nitrogens is 2. The van der Waals surface area contributed by atoms with E-state index in [1.54, 1.807) is 17.8 Å². The average molecular weight is 385 g/mol. The summed E-state index contributed by atoms with van der Waals surface area (Å²) >= 11 is 6.09. The molecule has 27 heavy (non-hydrogen) atoms. The van der Waals surface area contributed by atoms with E-state index in [9.17, 15) is 4.79 Å². The van der Waals surface area contributed by atoms with Gasteiger partial charge in [-0.3, -0.25) is 9.48 Å². The number of benzene rings is 1. The van der Waals surface area contributed by atoms with E-state index in [-0.39, 0.29) is 5.91 Å². The smallest absolute Gasteiger partial charge is 0.272 e. The summed E-state index contributed by atoms with van der Waals surface area (Å²) in [5.41, 5.74) is 2.33. The molecule has 0 unspecified atom stereocenters. The third-order valence-electron chi connectivity index (χ3n) is 4.83. The van der Waals surface area contributed by atoms with Crippen LogP contribution in [0.5, 0.6) is 0 Å². The maximum absolute atomic E-state index is 13.0. The Morgan fingerprint density at radius 2 is 1.89 bits per heavy atom. The number of amides is 1. The summed E-state index contributed by atoms with van der Waals surface area (Å²) in [5, 5.41) is 5.16. The van der Waals surface area contributed by atoms with E-state index in [0.29, 0.717) is 30.2 Å². The minimum atomic E-state index is -0.00901. The van der Waals surface area contributed by atoms with Crippen molar-refractivity contribution in [3.63, 3.8) is 0 Å². The fourth-order valence-electron chi connectivity index (χ4n) is 3.36. The van der Waals surface area contributed by atoms with E-state index in [4.69, 9.17) is 16.0 Å². The highest BCUT2D eigenvalue weighted by molar-refractivity contribution is 6.30. The third kappa shape index (κ3) is 3.57. The molecule has 3 aromatic rings. The van der Waals surface area contributed by atoms with Crippen LogP contribution in [0.2, 0.25) is 5.02 Å². The quantitative estimate of drug-likeness (QED) is 0.692. The normalized spacial score (nSPS) is 14.6. The molecule has 0 spiro atoms. The average Bonchev–Trinajstić information content (AvgIpc) is 3.27. The second-order valence-electron chi connectivity index (χ2n) is 6.71. The van der Waals surface area contributed by atoms with Gasteiger partial charge >= 0.3 is 0 Å². The standard InChI is InChI=1S/C20H21ClN4O2/c1-14-6-7-19(27-14)17-13-18(23(2)22-17)20(26)25-10-8-24(9-11-25)16-5-3-4-15(21)12-16/h3-7,12-13H,8-11H2,1-2H3. The van der Waals surface area contributed by atoms with E-state index in [2.05, 4.69) is 10.00 Å². The molecule has 1 aliphatic heterocycles. The summed E-state index contributed by atoms with van der Waals surface area (Å²) in [6.07, 6.45) is 0. The maximum atomic E-state index is 13.0. The summed E-state index contributed by atoms with van der Waals surface area (Å²) in [4.78, 5) is 17.1. The molecule has 1 aliphatic rings. The van der Waals surface area contributed by atoms with Gasteiger partial charge in [-0.05, 0) is 37.3 Å². The molecule has 3 heterocycles. The van der Waals surface area contributed by atoms with E-state index < -0.39 is 0 Å². The fourth-order valence-corrected chi connectivity index (χ4v) is 3.55. The van der Waals surface area contributed by atoms with Gasteiger partial charge in [-0.15, -0.1) is 0 Å². The van der Waals surface area contributed by atoms with Gasteiger partial charge in [0.2, 0.25) is 0 Å². The highest BCUT2D eigenvalue weighted by Gasteiger charge is 2.25. The number of hydrogen-bond donors (Lipinski definition) is 0. The van der Waals surface area contributed by atoms with Gasteiger partial charge in [0, 0.05) is 50.0 Å². The number of hydrogen-bond acceptors (Lipinski definition) is 4. The van der Waals surface area contributed by atoms with Gasteiger partial charge in [0.25, 0.3) is 5.91 Å². The summed E-state index contributed by atoms with van der Waals surface area (Å²) in [6, 6.07) is 13.4. The van der Waals surface area contributed by atoms with E-state index in [1.165, 1.54) is 0 Å². The molecule has 0 aliphatic carbocycles. The Hall–Kier alpha value is -2.73. The fraction of sp³-hybridized carbons (Fsp3) is 0.300. The highest BCUT2D eigenvalue weighted by atomic mass is 35.5. The largest absolute Gasteiger partial charge is 0.460 e. The van der Waals surface area contributed by atoms with Gasteiger partial charge in [-0.25, -0.2) is 0 Å². The summed E-state index contributed by atoms with van der Waals surface area (Å²) in [7, 11) is 1.79. The minimum absolute atomic E-state index is 0.00901. The molecule has 0 saturated carbocycles. The molecule has 1 saturated heterocycles. The van der Waals surface area contributed by atoms with Crippen LogP contribution in [0.15, 0.2) is 46.9 Å². The molecule has 1 amide bonds. The minimum Gasteiger partial charge on any atom is -0.460 e. The summed E-state index contributed by atoms with van der Waals surface area (Å²) < 4.78 is 7.24. The molecular weight excluding hydrogens is 364 g/mol. The van der Waals surface area contributed by atoms with Crippen molar-refractivity contribution < 1.29 is 9.21 Å². The number of rotatable bonds is 3. The lowest BCUT2D eigenvalue weighted by Gasteiger charge is -2.36. The first-order valence-electron chi connectivity index (χ1n) is 8.92. The van der Waals surface area contributed by atoms with E-state index in [1.807, 2.05) is 48.2 Å². The first kappa shape index (κ1) is 17.7. The number of carbonyl (C=O) groups is 1. The summed E-state index contributed by atoms with van der Waals surface area (Å²) in [6.45, 7) is 4.75. The Bertz CT molecular complexity index is 970. The van der Waals surface area contributed by atoms with Crippen LogP contribution in [-0.4, -0.2) is 46.8 Å². The van der Waals surface area contributed by atoms with Crippen LogP contribution in [0.25, 0.3) is 11.5 Å². The number of piperazine rings is 1. The van der Waals surface area contributed by atoms with Crippen LogP contribution in [0.4, 0.5) is 5.69 Å². The molecule has 140 valence electrons. The number of carbonyl (C=O) groups excluding carboxylic acids is 1. The predicted molar refractivity (Wildman–Crippen MR) is 105 cm³/mol. The molecule has 0 radical (unpaired) electrons. The molecule has 0 N–H and O–H groups in total. The van der Waals surface area contributed by atoms with Crippen molar-refractivity contribution in [3.8, 4) is 11.5 Å². The lowest BCUT2D eigenvalue weighted by molar-refractivity contribution is 0.0735. The van der Waals surface area contributed by atoms with Gasteiger partial charge in [0.1, 0.15) is 17.1 Å². The predicted octanol–water partition coefficient (Wildman–Crippen LogP) is 3.60. The van der Waals surface area contributed by atoms with Crippen molar-refractivity contribution in [2.45, 2.75) is 6.92 Å². The lowest BCUT2D eigenvalue weighted by Crippen LogP contribution is -2.49. The molecule has 7 heteroatoms. The molecule has 0 atom stereocenters. The van der Waals surface area contributed by atoms with Crippen LogP contribution in [0.3, 0.4) is 0 Å². The number of anilines is 1.